The van der Waals surface area contributed by atoms with E-state index in [1.807, 2.05) is 6.07 Å². The Bertz CT molecular complexity index is 635. The molecule has 1 aromatic rings. The molecule has 0 bridgehead atoms. The summed E-state index contributed by atoms with van der Waals surface area (Å²) in [6.45, 7) is 10.4. The molecule has 26 heavy (non-hydrogen) atoms. The lowest BCUT2D eigenvalue weighted by molar-refractivity contribution is -0.249. The van der Waals surface area contributed by atoms with Crippen molar-refractivity contribution in [2.75, 3.05) is 0 Å². The van der Waals surface area contributed by atoms with E-state index < -0.39 is 5.60 Å². The van der Waals surface area contributed by atoms with Gasteiger partial charge in [-0.2, -0.15) is 0 Å². The highest BCUT2D eigenvalue weighted by molar-refractivity contribution is 5.66. The van der Waals surface area contributed by atoms with Crippen molar-refractivity contribution >= 4 is 5.97 Å². The van der Waals surface area contributed by atoms with Crippen LogP contribution in [0.1, 0.15) is 72.3 Å². The zero-order chi connectivity index (χ0) is 19.2. The highest BCUT2D eigenvalue weighted by Gasteiger charge is 2.64. The topological polar surface area (TPSA) is 59.7 Å². The molecular formula is C22H34O4. The number of furan rings is 1. The Balaban J connectivity index is 1.96. The molecule has 1 N–H and O–H groups in total. The quantitative estimate of drug-likeness (QED) is 0.786. The predicted molar refractivity (Wildman–Crippen MR) is 101 cm³/mol. The minimum atomic E-state index is -0.775. The first-order chi connectivity index (χ1) is 12.1. The molecule has 2 saturated carbocycles. The van der Waals surface area contributed by atoms with Crippen LogP contribution in [0.5, 0.6) is 0 Å². The lowest BCUT2D eigenvalue weighted by Gasteiger charge is -2.64. The number of fused-ring (bicyclic) bond motifs is 1. The zero-order valence-electron chi connectivity index (χ0n) is 16.9. The summed E-state index contributed by atoms with van der Waals surface area (Å²) in [5.74, 6) is 0.0295. The van der Waals surface area contributed by atoms with Gasteiger partial charge < -0.3 is 14.3 Å². The van der Waals surface area contributed by atoms with Crippen molar-refractivity contribution in [2.24, 2.45) is 22.7 Å². The van der Waals surface area contributed by atoms with Gasteiger partial charge in [-0.3, -0.25) is 4.79 Å². The minimum Gasteiger partial charge on any atom is -0.472 e. The Labute approximate surface area is 157 Å². The third-order valence-electron chi connectivity index (χ3n) is 7.50. The maximum atomic E-state index is 12.0. The van der Waals surface area contributed by atoms with Crippen LogP contribution in [0, 0.1) is 22.7 Å². The van der Waals surface area contributed by atoms with Gasteiger partial charge in [-0.15, -0.1) is 0 Å². The molecule has 0 unspecified atom stereocenters. The van der Waals surface area contributed by atoms with Crippen LogP contribution in [-0.4, -0.2) is 22.8 Å². The van der Waals surface area contributed by atoms with Crippen molar-refractivity contribution in [1.29, 1.82) is 0 Å². The number of rotatable bonds is 4. The van der Waals surface area contributed by atoms with E-state index in [2.05, 4.69) is 27.7 Å². The molecule has 0 radical (unpaired) electrons. The maximum absolute atomic E-state index is 12.0. The van der Waals surface area contributed by atoms with Crippen molar-refractivity contribution in [3.63, 3.8) is 0 Å². The highest BCUT2D eigenvalue weighted by Crippen LogP contribution is 2.64. The summed E-state index contributed by atoms with van der Waals surface area (Å²) in [6.07, 6.45) is 8.78. The summed E-state index contributed by atoms with van der Waals surface area (Å²) < 4.78 is 11.0. The standard InChI is InChI=1S/C22H34O4/c1-15-13-18(26-16(2)23)19-20(3,4)9-6-10-21(19,5)22(15,24)11-7-17-8-12-25-14-17/h8,12,14-15,18-19,24H,6-7,9-11,13H2,1-5H3/t15-,18+,19+,21-,22+/m0/s1. The molecule has 2 aliphatic carbocycles. The van der Waals surface area contributed by atoms with Crippen molar-refractivity contribution in [2.45, 2.75) is 84.8 Å². The van der Waals surface area contributed by atoms with E-state index >= 15 is 0 Å². The number of carbonyl (C=O) groups is 1. The SMILES string of the molecule is CC(=O)O[C@@H]1C[C@H](C)[C@](O)(CCc2ccoc2)[C@@]2(C)CCCC(C)(C)[C@@H]12. The number of hydrogen-bond acceptors (Lipinski definition) is 4. The summed E-state index contributed by atoms with van der Waals surface area (Å²) in [4.78, 5) is 11.8. The molecule has 3 rings (SSSR count). The van der Waals surface area contributed by atoms with Gasteiger partial charge in [0.1, 0.15) is 6.10 Å². The van der Waals surface area contributed by atoms with Crippen LogP contribution >= 0.6 is 0 Å². The number of ether oxygens (including phenoxy) is 1. The van der Waals surface area contributed by atoms with Crippen molar-refractivity contribution < 1.29 is 19.1 Å². The second-order valence-corrected chi connectivity index (χ2v) is 9.58. The Kier molecular flexibility index (Phi) is 5.02. The monoisotopic (exact) mass is 362 g/mol. The van der Waals surface area contributed by atoms with Gasteiger partial charge >= 0.3 is 5.97 Å². The number of aryl methyl sites for hydroxylation is 1. The second kappa shape index (κ2) is 6.70. The molecule has 0 saturated heterocycles. The maximum Gasteiger partial charge on any atom is 0.302 e. The van der Waals surface area contributed by atoms with Gasteiger partial charge in [0.2, 0.25) is 0 Å². The number of esters is 1. The van der Waals surface area contributed by atoms with Gasteiger partial charge in [-0.05, 0) is 55.1 Å². The van der Waals surface area contributed by atoms with Crippen molar-refractivity contribution in [1.82, 2.24) is 0 Å². The van der Waals surface area contributed by atoms with Gasteiger partial charge in [-0.25, -0.2) is 0 Å². The molecule has 146 valence electrons. The van der Waals surface area contributed by atoms with Gasteiger partial charge in [0.05, 0.1) is 18.1 Å². The molecule has 2 aliphatic rings. The lowest BCUT2D eigenvalue weighted by Crippen LogP contribution is -2.66. The number of carbonyl (C=O) groups excluding carboxylic acids is 1. The van der Waals surface area contributed by atoms with Gasteiger partial charge in [0.15, 0.2) is 0 Å². The summed E-state index contributed by atoms with van der Waals surface area (Å²) >= 11 is 0. The molecule has 0 aromatic carbocycles. The molecule has 0 aliphatic heterocycles. The van der Waals surface area contributed by atoms with Crippen LogP contribution in [0.3, 0.4) is 0 Å². The van der Waals surface area contributed by atoms with E-state index in [0.717, 1.165) is 37.7 Å². The average molecular weight is 363 g/mol. The molecule has 2 fully saturated rings. The predicted octanol–water partition coefficient (Wildman–Crippen LogP) is 4.75. The first-order valence-corrected chi connectivity index (χ1v) is 10.0. The number of hydrogen-bond donors (Lipinski definition) is 1. The van der Waals surface area contributed by atoms with Gasteiger partial charge in [0, 0.05) is 18.3 Å². The number of aliphatic hydroxyl groups is 1. The minimum absolute atomic E-state index is 0.0386. The Morgan fingerprint density at radius 2 is 2.08 bits per heavy atom. The summed E-state index contributed by atoms with van der Waals surface area (Å²) in [6, 6.07) is 1.98. The van der Waals surface area contributed by atoms with E-state index in [0.29, 0.717) is 6.42 Å². The summed E-state index contributed by atoms with van der Waals surface area (Å²) in [5, 5.41) is 12.0. The second-order valence-electron chi connectivity index (χ2n) is 9.58. The first-order valence-electron chi connectivity index (χ1n) is 10.0. The highest BCUT2D eigenvalue weighted by atomic mass is 16.5. The lowest BCUT2D eigenvalue weighted by atomic mass is 9.43. The fourth-order valence-electron chi connectivity index (χ4n) is 6.36. The summed E-state index contributed by atoms with van der Waals surface area (Å²) in [7, 11) is 0. The first kappa shape index (κ1) is 19.5. The van der Waals surface area contributed by atoms with Crippen LogP contribution in [0.2, 0.25) is 0 Å². The zero-order valence-corrected chi connectivity index (χ0v) is 16.9. The van der Waals surface area contributed by atoms with Crippen LogP contribution in [0.15, 0.2) is 23.0 Å². The van der Waals surface area contributed by atoms with E-state index in [4.69, 9.17) is 9.15 Å². The third kappa shape index (κ3) is 3.11. The molecular weight excluding hydrogens is 328 g/mol. The molecule has 4 heteroatoms. The Morgan fingerprint density at radius 3 is 2.69 bits per heavy atom. The van der Waals surface area contributed by atoms with Crippen molar-refractivity contribution in [3.05, 3.63) is 24.2 Å². The van der Waals surface area contributed by atoms with E-state index in [-0.39, 0.29) is 34.7 Å². The Hall–Kier alpha value is -1.29. The van der Waals surface area contributed by atoms with E-state index in [1.165, 1.54) is 6.92 Å². The van der Waals surface area contributed by atoms with Crippen LogP contribution in [-0.2, 0) is 16.0 Å². The molecule has 5 atom stereocenters. The molecule has 1 heterocycles. The van der Waals surface area contributed by atoms with Crippen molar-refractivity contribution in [3.8, 4) is 0 Å². The Morgan fingerprint density at radius 1 is 1.35 bits per heavy atom. The summed E-state index contributed by atoms with van der Waals surface area (Å²) in [5.41, 5.74) is 0.124. The fraction of sp³-hybridized carbons (Fsp3) is 0.773. The molecule has 0 spiro atoms. The van der Waals surface area contributed by atoms with Gasteiger partial charge in [-0.1, -0.05) is 34.1 Å². The smallest absolute Gasteiger partial charge is 0.302 e. The molecule has 4 nitrogen and oxygen atoms in total. The van der Waals surface area contributed by atoms with E-state index in [9.17, 15) is 9.90 Å². The molecule has 1 aromatic heterocycles. The third-order valence-corrected chi connectivity index (χ3v) is 7.50. The van der Waals surface area contributed by atoms with Crippen LogP contribution in [0.25, 0.3) is 0 Å². The largest absolute Gasteiger partial charge is 0.472 e. The van der Waals surface area contributed by atoms with Gasteiger partial charge in [0.25, 0.3) is 0 Å². The fourth-order valence-corrected chi connectivity index (χ4v) is 6.36. The van der Waals surface area contributed by atoms with Crippen LogP contribution in [0.4, 0.5) is 0 Å². The van der Waals surface area contributed by atoms with E-state index in [1.54, 1.807) is 12.5 Å². The molecule has 0 amide bonds. The average Bonchev–Trinajstić information content (AvgIpc) is 3.03. The normalized spacial score (nSPS) is 39.2. The van der Waals surface area contributed by atoms with Crippen LogP contribution < -0.4 is 0 Å².